The predicted molar refractivity (Wildman–Crippen MR) is 96.3 cm³/mol. The summed E-state index contributed by atoms with van der Waals surface area (Å²) in [6.45, 7) is 1.12. The Morgan fingerprint density at radius 1 is 1.15 bits per heavy atom. The number of methoxy groups -OCH3 is 1. The first kappa shape index (κ1) is 17.6. The summed E-state index contributed by atoms with van der Waals surface area (Å²) in [6.07, 6.45) is 5.09. The monoisotopic (exact) mass is 352 g/mol. The van der Waals surface area contributed by atoms with E-state index in [1.807, 2.05) is 42.5 Å². The standard InChI is InChI=1S/C19H20N4O3/c1-25-10-11-26-17-14-23(16-7-3-2-4-8-16)22-18(17)19(24)21-13-15-6-5-9-20-12-15/h2-9,12,14H,10-11,13H2,1H3,(H,21,24). The summed E-state index contributed by atoms with van der Waals surface area (Å²) < 4.78 is 12.3. The highest BCUT2D eigenvalue weighted by Gasteiger charge is 2.19. The molecule has 0 radical (unpaired) electrons. The molecule has 1 aromatic carbocycles. The summed E-state index contributed by atoms with van der Waals surface area (Å²) in [6, 6.07) is 13.3. The summed E-state index contributed by atoms with van der Waals surface area (Å²) in [7, 11) is 1.60. The maximum Gasteiger partial charge on any atom is 0.275 e. The zero-order valence-corrected chi connectivity index (χ0v) is 14.5. The molecule has 0 spiro atoms. The molecule has 1 N–H and O–H groups in total. The molecule has 0 atom stereocenters. The van der Waals surface area contributed by atoms with Gasteiger partial charge in [0.05, 0.1) is 18.5 Å². The Balaban J connectivity index is 1.78. The lowest BCUT2D eigenvalue weighted by Gasteiger charge is -2.06. The molecule has 7 nitrogen and oxygen atoms in total. The Bertz CT molecular complexity index is 835. The molecular weight excluding hydrogens is 332 g/mol. The number of nitrogens with one attached hydrogen (secondary N) is 1. The van der Waals surface area contributed by atoms with Crippen LogP contribution in [-0.2, 0) is 11.3 Å². The van der Waals surface area contributed by atoms with Crippen LogP contribution in [-0.4, -0.2) is 41.0 Å². The number of ether oxygens (including phenoxy) is 2. The number of carbonyl (C=O) groups excluding carboxylic acids is 1. The van der Waals surface area contributed by atoms with Crippen LogP contribution in [0.25, 0.3) is 5.69 Å². The van der Waals surface area contributed by atoms with E-state index in [4.69, 9.17) is 9.47 Å². The Morgan fingerprint density at radius 2 is 2.00 bits per heavy atom. The van der Waals surface area contributed by atoms with Crippen molar-refractivity contribution in [1.29, 1.82) is 0 Å². The summed E-state index contributed by atoms with van der Waals surface area (Å²) in [5.41, 5.74) is 1.98. The van der Waals surface area contributed by atoms with Gasteiger partial charge >= 0.3 is 0 Å². The molecule has 2 heterocycles. The number of hydrogen-bond donors (Lipinski definition) is 1. The van der Waals surface area contributed by atoms with E-state index in [9.17, 15) is 4.79 Å². The number of carbonyl (C=O) groups is 1. The summed E-state index contributed by atoms with van der Waals surface area (Å²) in [5.74, 6) is 0.102. The normalized spacial score (nSPS) is 10.5. The van der Waals surface area contributed by atoms with Gasteiger partial charge < -0.3 is 14.8 Å². The third-order valence-corrected chi connectivity index (χ3v) is 3.64. The second-order valence-corrected chi connectivity index (χ2v) is 5.51. The molecule has 0 saturated carbocycles. The Labute approximate surface area is 151 Å². The molecule has 0 unspecified atom stereocenters. The minimum atomic E-state index is -0.309. The van der Waals surface area contributed by atoms with Crippen molar-refractivity contribution in [1.82, 2.24) is 20.1 Å². The highest BCUT2D eigenvalue weighted by atomic mass is 16.5. The third-order valence-electron chi connectivity index (χ3n) is 3.64. The molecule has 0 saturated heterocycles. The van der Waals surface area contributed by atoms with Crippen LogP contribution in [0.1, 0.15) is 16.1 Å². The van der Waals surface area contributed by atoms with Crippen molar-refractivity contribution in [3.63, 3.8) is 0 Å². The average molecular weight is 352 g/mol. The van der Waals surface area contributed by atoms with Gasteiger partial charge in [-0.3, -0.25) is 9.78 Å². The summed E-state index contributed by atoms with van der Waals surface area (Å²) in [5, 5.41) is 7.24. The van der Waals surface area contributed by atoms with Crippen LogP contribution in [0.3, 0.4) is 0 Å². The van der Waals surface area contributed by atoms with E-state index in [0.29, 0.717) is 25.5 Å². The SMILES string of the molecule is COCCOc1cn(-c2ccccc2)nc1C(=O)NCc1cccnc1. The third kappa shape index (κ3) is 4.46. The first-order valence-electron chi connectivity index (χ1n) is 8.22. The number of hydrogen-bond acceptors (Lipinski definition) is 5. The van der Waals surface area contributed by atoms with Gasteiger partial charge in [0.1, 0.15) is 6.61 Å². The highest BCUT2D eigenvalue weighted by molar-refractivity contribution is 5.94. The van der Waals surface area contributed by atoms with Gasteiger partial charge in [0.25, 0.3) is 5.91 Å². The minimum absolute atomic E-state index is 0.230. The van der Waals surface area contributed by atoms with Gasteiger partial charge in [0.15, 0.2) is 11.4 Å². The first-order valence-corrected chi connectivity index (χ1v) is 8.22. The molecule has 26 heavy (non-hydrogen) atoms. The molecule has 134 valence electrons. The molecule has 0 aliphatic carbocycles. The van der Waals surface area contributed by atoms with Crippen molar-refractivity contribution < 1.29 is 14.3 Å². The van der Waals surface area contributed by atoms with Gasteiger partial charge in [0.2, 0.25) is 0 Å². The van der Waals surface area contributed by atoms with Crippen LogP contribution in [0, 0.1) is 0 Å². The highest BCUT2D eigenvalue weighted by Crippen LogP contribution is 2.20. The van der Waals surface area contributed by atoms with Crippen LogP contribution in [0.2, 0.25) is 0 Å². The van der Waals surface area contributed by atoms with E-state index >= 15 is 0 Å². The van der Waals surface area contributed by atoms with Crippen molar-refractivity contribution in [3.8, 4) is 11.4 Å². The molecule has 3 rings (SSSR count). The lowest BCUT2D eigenvalue weighted by atomic mass is 10.3. The second kappa shape index (κ2) is 8.77. The quantitative estimate of drug-likeness (QED) is 0.629. The topological polar surface area (TPSA) is 78.3 Å². The first-order chi connectivity index (χ1) is 12.8. The van der Waals surface area contributed by atoms with Crippen LogP contribution in [0.5, 0.6) is 5.75 Å². The maximum atomic E-state index is 12.6. The predicted octanol–water partition coefficient (Wildman–Crippen LogP) is 2.22. The smallest absolute Gasteiger partial charge is 0.275 e. The van der Waals surface area contributed by atoms with Crippen LogP contribution < -0.4 is 10.1 Å². The molecule has 7 heteroatoms. The van der Waals surface area contributed by atoms with Gasteiger partial charge in [-0.25, -0.2) is 4.68 Å². The zero-order chi connectivity index (χ0) is 18.2. The number of pyridine rings is 1. The zero-order valence-electron chi connectivity index (χ0n) is 14.5. The number of amides is 1. The molecule has 2 aromatic heterocycles. The van der Waals surface area contributed by atoms with Crippen molar-refractivity contribution in [3.05, 3.63) is 72.3 Å². The van der Waals surface area contributed by atoms with Crippen LogP contribution >= 0.6 is 0 Å². The molecule has 0 fully saturated rings. The van der Waals surface area contributed by atoms with Gasteiger partial charge in [-0.1, -0.05) is 24.3 Å². The Kier molecular flexibility index (Phi) is 5.95. The van der Waals surface area contributed by atoms with Crippen LogP contribution in [0.4, 0.5) is 0 Å². The summed E-state index contributed by atoms with van der Waals surface area (Å²) >= 11 is 0. The largest absolute Gasteiger partial charge is 0.487 e. The fourth-order valence-corrected chi connectivity index (χ4v) is 2.34. The van der Waals surface area contributed by atoms with E-state index in [1.165, 1.54) is 0 Å². The lowest BCUT2D eigenvalue weighted by molar-refractivity contribution is 0.0938. The number of nitrogens with zero attached hydrogens (tertiary/aromatic N) is 3. The van der Waals surface area contributed by atoms with Gasteiger partial charge in [0, 0.05) is 26.0 Å². The molecule has 0 aliphatic rings. The van der Waals surface area contributed by atoms with E-state index in [-0.39, 0.29) is 11.6 Å². The Morgan fingerprint density at radius 3 is 2.73 bits per heavy atom. The fourth-order valence-electron chi connectivity index (χ4n) is 2.34. The number of rotatable bonds is 8. The van der Waals surface area contributed by atoms with E-state index in [0.717, 1.165) is 11.3 Å². The van der Waals surface area contributed by atoms with Gasteiger partial charge in [-0.05, 0) is 23.8 Å². The maximum absolute atomic E-state index is 12.6. The summed E-state index contributed by atoms with van der Waals surface area (Å²) in [4.78, 5) is 16.6. The molecule has 0 aliphatic heterocycles. The number of aromatic nitrogens is 3. The van der Waals surface area contributed by atoms with Crippen molar-refractivity contribution in [2.75, 3.05) is 20.3 Å². The molecular formula is C19H20N4O3. The molecule has 1 amide bonds. The molecule has 0 bridgehead atoms. The lowest BCUT2D eigenvalue weighted by Crippen LogP contribution is -2.24. The average Bonchev–Trinajstić information content (AvgIpc) is 3.12. The van der Waals surface area contributed by atoms with Crippen molar-refractivity contribution in [2.45, 2.75) is 6.54 Å². The van der Waals surface area contributed by atoms with Crippen LogP contribution in [0.15, 0.2) is 61.1 Å². The van der Waals surface area contributed by atoms with Gasteiger partial charge in [-0.15, -0.1) is 0 Å². The second-order valence-electron chi connectivity index (χ2n) is 5.51. The van der Waals surface area contributed by atoms with E-state index in [1.54, 1.807) is 30.4 Å². The van der Waals surface area contributed by atoms with Gasteiger partial charge in [-0.2, -0.15) is 5.10 Å². The number of benzene rings is 1. The minimum Gasteiger partial charge on any atom is -0.487 e. The van der Waals surface area contributed by atoms with E-state index in [2.05, 4.69) is 15.4 Å². The van der Waals surface area contributed by atoms with Crippen molar-refractivity contribution >= 4 is 5.91 Å². The molecule has 3 aromatic rings. The Hall–Kier alpha value is -3.19. The van der Waals surface area contributed by atoms with Crippen molar-refractivity contribution in [2.24, 2.45) is 0 Å². The fraction of sp³-hybridized carbons (Fsp3) is 0.211. The number of para-hydroxylation sites is 1. The van der Waals surface area contributed by atoms with E-state index < -0.39 is 0 Å².